The fraction of sp³-hybridized carbons (Fsp3) is 0.167. The van der Waals surface area contributed by atoms with Crippen LogP contribution in [0, 0.1) is 0 Å². The number of alkyl halides is 3. The molecule has 0 aliphatic rings. The summed E-state index contributed by atoms with van der Waals surface area (Å²) in [5.41, 5.74) is -0.328. The van der Waals surface area contributed by atoms with Crippen LogP contribution < -0.4 is 4.90 Å². The van der Waals surface area contributed by atoms with Crippen molar-refractivity contribution in [3.05, 3.63) is 46.7 Å². The number of aromatic nitrogens is 2. The van der Waals surface area contributed by atoms with Crippen LogP contribution in [0.4, 0.5) is 24.8 Å². The van der Waals surface area contributed by atoms with Crippen LogP contribution in [0.2, 0.25) is 0 Å². The molecule has 0 bridgehead atoms. The first-order valence-electron chi connectivity index (χ1n) is 5.26. The van der Waals surface area contributed by atoms with Crippen molar-refractivity contribution in [2.24, 2.45) is 0 Å². The Hall–Kier alpha value is -1.63. The molecule has 0 atom stereocenters. The second-order valence-corrected chi connectivity index (χ2v) is 4.72. The average molecular weight is 332 g/mol. The Morgan fingerprint density at radius 3 is 2.37 bits per heavy atom. The third kappa shape index (κ3) is 3.23. The molecule has 0 amide bonds. The fourth-order valence-electron chi connectivity index (χ4n) is 1.49. The Morgan fingerprint density at radius 1 is 1.16 bits per heavy atom. The van der Waals surface area contributed by atoms with Gasteiger partial charge in [-0.25, -0.2) is 9.97 Å². The molecule has 3 nitrogen and oxygen atoms in total. The van der Waals surface area contributed by atoms with Crippen molar-refractivity contribution >= 4 is 27.6 Å². The van der Waals surface area contributed by atoms with Crippen LogP contribution in [0.1, 0.15) is 5.56 Å². The van der Waals surface area contributed by atoms with E-state index >= 15 is 0 Å². The van der Waals surface area contributed by atoms with E-state index in [1.807, 2.05) is 0 Å². The summed E-state index contributed by atoms with van der Waals surface area (Å²) in [4.78, 5) is 9.55. The molecule has 0 saturated carbocycles. The topological polar surface area (TPSA) is 29.0 Å². The zero-order valence-corrected chi connectivity index (χ0v) is 11.4. The fourth-order valence-corrected chi connectivity index (χ4v) is 1.69. The largest absolute Gasteiger partial charge is 0.416 e. The lowest BCUT2D eigenvalue weighted by Gasteiger charge is -2.18. The molecule has 0 N–H and O–H groups in total. The Balaban J connectivity index is 2.34. The number of hydrogen-bond acceptors (Lipinski definition) is 3. The molecule has 0 aliphatic carbocycles. The quantitative estimate of drug-likeness (QED) is 0.832. The molecule has 2 rings (SSSR count). The van der Waals surface area contributed by atoms with Crippen LogP contribution in [0.25, 0.3) is 0 Å². The van der Waals surface area contributed by atoms with Crippen LogP contribution in [-0.4, -0.2) is 17.0 Å². The van der Waals surface area contributed by atoms with Crippen molar-refractivity contribution < 1.29 is 13.2 Å². The molecule has 7 heteroatoms. The van der Waals surface area contributed by atoms with Crippen molar-refractivity contribution in [1.29, 1.82) is 0 Å². The number of anilines is 2. The monoisotopic (exact) mass is 331 g/mol. The summed E-state index contributed by atoms with van der Waals surface area (Å²) in [7, 11) is 1.61. The van der Waals surface area contributed by atoms with Crippen LogP contribution in [0.15, 0.2) is 41.1 Å². The van der Waals surface area contributed by atoms with Gasteiger partial charge < -0.3 is 4.90 Å². The first kappa shape index (κ1) is 13.8. The van der Waals surface area contributed by atoms with Gasteiger partial charge >= 0.3 is 6.18 Å². The van der Waals surface area contributed by atoms with Gasteiger partial charge in [-0.2, -0.15) is 13.2 Å². The van der Waals surface area contributed by atoms with E-state index in [4.69, 9.17) is 0 Å². The van der Waals surface area contributed by atoms with Crippen LogP contribution in [-0.2, 0) is 6.18 Å². The van der Waals surface area contributed by atoms with Gasteiger partial charge in [0.25, 0.3) is 0 Å². The second-order valence-electron chi connectivity index (χ2n) is 3.81. The van der Waals surface area contributed by atoms with E-state index in [0.29, 0.717) is 16.1 Å². The van der Waals surface area contributed by atoms with E-state index in [1.165, 1.54) is 23.4 Å². The Bertz CT molecular complexity index is 569. The minimum Gasteiger partial charge on any atom is -0.314 e. The molecule has 1 heterocycles. The molecule has 0 spiro atoms. The second kappa shape index (κ2) is 5.16. The number of benzene rings is 1. The van der Waals surface area contributed by atoms with Crippen LogP contribution in [0.5, 0.6) is 0 Å². The highest BCUT2D eigenvalue weighted by molar-refractivity contribution is 9.10. The smallest absolute Gasteiger partial charge is 0.314 e. The first-order valence-corrected chi connectivity index (χ1v) is 6.06. The predicted molar refractivity (Wildman–Crippen MR) is 69.2 cm³/mol. The van der Waals surface area contributed by atoms with Gasteiger partial charge in [0.05, 0.1) is 10.0 Å². The summed E-state index contributed by atoms with van der Waals surface area (Å²) in [5.74, 6) is 0.322. The summed E-state index contributed by atoms with van der Waals surface area (Å²) in [6.07, 6.45) is -1.30. The third-order valence-corrected chi connectivity index (χ3v) is 2.88. The van der Waals surface area contributed by atoms with Gasteiger partial charge in [-0.15, -0.1) is 0 Å². The summed E-state index contributed by atoms with van der Waals surface area (Å²) in [6, 6.07) is 5.01. The van der Waals surface area contributed by atoms with E-state index in [1.54, 1.807) is 13.1 Å². The van der Waals surface area contributed by atoms with Gasteiger partial charge in [0, 0.05) is 25.1 Å². The lowest BCUT2D eigenvalue weighted by atomic mass is 10.2. The van der Waals surface area contributed by atoms with Gasteiger partial charge in [0.1, 0.15) is 0 Å². The normalized spacial score (nSPS) is 11.4. The minimum absolute atomic E-state index is 0.322. The molecule has 19 heavy (non-hydrogen) atoms. The Morgan fingerprint density at radius 2 is 1.79 bits per heavy atom. The molecule has 0 unspecified atom stereocenters. The highest BCUT2D eigenvalue weighted by atomic mass is 79.9. The van der Waals surface area contributed by atoms with E-state index in [2.05, 4.69) is 25.9 Å². The zero-order valence-electron chi connectivity index (χ0n) is 9.82. The van der Waals surface area contributed by atoms with E-state index < -0.39 is 11.7 Å². The van der Waals surface area contributed by atoms with E-state index in [9.17, 15) is 13.2 Å². The SMILES string of the molecule is CN(c1cccc(C(F)(F)F)c1)c1ncc(Br)cn1. The molecular weight excluding hydrogens is 323 g/mol. The van der Waals surface area contributed by atoms with Crippen molar-refractivity contribution in [2.75, 3.05) is 11.9 Å². The van der Waals surface area contributed by atoms with Crippen LogP contribution >= 0.6 is 15.9 Å². The maximum atomic E-state index is 12.6. The van der Waals surface area contributed by atoms with Crippen molar-refractivity contribution in [3.8, 4) is 0 Å². The maximum absolute atomic E-state index is 12.6. The summed E-state index contributed by atoms with van der Waals surface area (Å²) >= 11 is 3.20. The number of halogens is 4. The lowest BCUT2D eigenvalue weighted by Crippen LogP contribution is -2.14. The molecule has 0 fully saturated rings. The minimum atomic E-state index is -4.36. The average Bonchev–Trinajstić information content (AvgIpc) is 2.38. The lowest BCUT2D eigenvalue weighted by molar-refractivity contribution is -0.137. The summed E-state index contributed by atoms with van der Waals surface area (Å²) in [5, 5.41) is 0. The standard InChI is InChI=1S/C12H9BrF3N3/c1-19(11-17-6-9(13)7-18-11)10-4-2-3-8(5-10)12(14,15)16/h2-7H,1H3. The molecule has 2 aromatic rings. The predicted octanol–water partition coefficient (Wildman–Crippen LogP) is 4.03. The highest BCUT2D eigenvalue weighted by Gasteiger charge is 2.30. The number of nitrogens with zero attached hydrogens (tertiary/aromatic N) is 3. The van der Waals surface area contributed by atoms with Crippen molar-refractivity contribution in [1.82, 2.24) is 9.97 Å². The molecule has 1 aromatic carbocycles. The van der Waals surface area contributed by atoms with Gasteiger partial charge in [-0.3, -0.25) is 0 Å². The van der Waals surface area contributed by atoms with Crippen LogP contribution in [0.3, 0.4) is 0 Å². The van der Waals surface area contributed by atoms with Gasteiger partial charge in [0.2, 0.25) is 5.95 Å². The first-order chi connectivity index (χ1) is 8.88. The highest BCUT2D eigenvalue weighted by Crippen LogP contribution is 2.32. The molecule has 0 radical (unpaired) electrons. The van der Waals surface area contributed by atoms with Crippen molar-refractivity contribution in [3.63, 3.8) is 0 Å². The molecule has 0 saturated heterocycles. The maximum Gasteiger partial charge on any atom is 0.416 e. The van der Waals surface area contributed by atoms with Crippen molar-refractivity contribution in [2.45, 2.75) is 6.18 Å². The molecular formula is C12H9BrF3N3. The van der Waals surface area contributed by atoms with E-state index in [0.717, 1.165) is 12.1 Å². The summed E-state index contributed by atoms with van der Waals surface area (Å²) < 4.78 is 38.6. The van der Waals surface area contributed by atoms with Gasteiger partial charge in [-0.05, 0) is 34.1 Å². The Kier molecular flexibility index (Phi) is 3.75. The molecule has 1 aromatic heterocycles. The third-order valence-electron chi connectivity index (χ3n) is 2.47. The zero-order chi connectivity index (χ0) is 14.0. The summed E-state index contributed by atoms with van der Waals surface area (Å²) in [6.45, 7) is 0. The molecule has 100 valence electrons. The number of hydrogen-bond donors (Lipinski definition) is 0. The molecule has 0 aliphatic heterocycles. The number of rotatable bonds is 2. The van der Waals surface area contributed by atoms with E-state index in [-0.39, 0.29) is 0 Å². The van der Waals surface area contributed by atoms with Gasteiger partial charge in [-0.1, -0.05) is 6.07 Å². The van der Waals surface area contributed by atoms with Gasteiger partial charge in [0.15, 0.2) is 0 Å². The Labute approximate surface area is 116 Å².